The highest BCUT2D eigenvalue weighted by Gasteiger charge is 2.40. The quantitative estimate of drug-likeness (QED) is 0.282. The zero-order chi connectivity index (χ0) is 26.8. The molecule has 0 saturated heterocycles. The Labute approximate surface area is 198 Å². The summed E-state index contributed by atoms with van der Waals surface area (Å²) in [5, 5.41) is 0. The Morgan fingerprint density at radius 1 is 0.833 bits per heavy atom. The van der Waals surface area contributed by atoms with Gasteiger partial charge in [-0.25, -0.2) is 22.0 Å². The Morgan fingerprint density at radius 2 is 1.42 bits per heavy atom. The van der Waals surface area contributed by atoms with Crippen LogP contribution in [0.5, 0.6) is 5.75 Å². The number of rotatable bonds is 7. The fourth-order valence-corrected chi connectivity index (χ4v) is 3.39. The van der Waals surface area contributed by atoms with Gasteiger partial charge in [0, 0.05) is 17.7 Å². The van der Waals surface area contributed by atoms with Gasteiger partial charge in [0.25, 0.3) is 0 Å². The first kappa shape index (κ1) is 27.1. The molecule has 3 aromatic carbocycles. The number of halogens is 10. The number of hydrogen-bond acceptors (Lipinski definition) is 1. The van der Waals surface area contributed by atoms with Crippen molar-refractivity contribution >= 4 is 5.83 Å². The molecule has 0 aliphatic rings. The zero-order valence-electron chi connectivity index (χ0n) is 18.3. The molecular formula is C25H16F10O. The van der Waals surface area contributed by atoms with E-state index in [1.165, 1.54) is 12.1 Å². The van der Waals surface area contributed by atoms with E-state index in [0.717, 1.165) is 24.5 Å². The van der Waals surface area contributed by atoms with E-state index in [2.05, 4.69) is 4.74 Å². The van der Waals surface area contributed by atoms with Crippen LogP contribution in [0.3, 0.4) is 0 Å². The number of aryl methyl sites for hydroxylation is 1. The van der Waals surface area contributed by atoms with Crippen LogP contribution in [0.1, 0.15) is 30.0 Å². The van der Waals surface area contributed by atoms with E-state index in [1.54, 1.807) is 12.1 Å². The second-order valence-electron chi connectivity index (χ2n) is 7.65. The third-order valence-electron chi connectivity index (χ3n) is 4.99. The molecule has 0 aromatic heterocycles. The highest BCUT2D eigenvalue weighted by molar-refractivity contribution is 5.65. The molecule has 0 aliphatic heterocycles. The van der Waals surface area contributed by atoms with Gasteiger partial charge >= 0.3 is 12.3 Å². The highest BCUT2D eigenvalue weighted by Crippen LogP contribution is 2.38. The predicted molar refractivity (Wildman–Crippen MR) is 112 cm³/mol. The first-order chi connectivity index (χ1) is 16.7. The molecule has 0 atom stereocenters. The average molecular weight is 522 g/mol. The van der Waals surface area contributed by atoms with Gasteiger partial charge in [-0.1, -0.05) is 43.7 Å². The fraction of sp³-hybridized carbons (Fsp3) is 0.200. The normalized spacial score (nSPS) is 12.7. The molecule has 0 spiro atoms. The molecule has 0 aliphatic carbocycles. The molecule has 11 heteroatoms. The van der Waals surface area contributed by atoms with E-state index in [1.807, 2.05) is 6.92 Å². The highest BCUT2D eigenvalue weighted by atomic mass is 19.4. The lowest BCUT2D eigenvalue weighted by Crippen LogP contribution is -2.24. The molecule has 3 rings (SSSR count). The summed E-state index contributed by atoms with van der Waals surface area (Å²) in [6.07, 6.45) is -9.36. The fourth-order valence-electron chi connectivity index (χ4n) is 3.39. The van der Waals surface area contributed by atoms with Gasteiger partial charge in [-0.05, 0) is 23.6 Å². The SMILES string of the molecule is CCCc1ccc(-c2ccc(C(F)(F)Oc3cc(F)c(/C(F)=C/C(F)(F)F)c(F)c3)c(F)c2F)cc1. The van der Waals surface area contributed by atoms with Gasteiger partial charge in [-0.2, -0.15) is 22.0 Å². The molecule has 0 bridgehead atoms. The van der Waals surface area contributed by atoms with Gasteiger partial charge in [-0.15, -0.1) is 0 Å². The second kappa shape index (κ2) is 10.2. The number of benzene rings is 3. The maximum atomic E-state index is 14.6. The van der Waals surface area contributed by atoms with E-state index >= 15 is 0 Å². The lowest BCUT2D eigenvalue weighted by Gasteiger charge is -2.20. The predicted octanol–water partition coefficient (Wildman–Crippen LogP) is 8.86. The zero-order valence-corrected chi connectivity index (χ0v) is 18.3. The lowest BCUT2D eigenvalue weighted by molar-refractivity contribution is -0.187. The number of alkyl halides is 5. The average Bonchev–Trinajstić information content (AvgIpc) is 2.74. The van der Waals surface area contributed by atoms with Crippen LogP contribution in [0, 0.1) is 23.3 Å². The van der Waals surface area contributed by atoms with Crippen LogP contribution >= 0.6 is 0 Å². The third-order valence-corrected chi connectivity index (χ3v) is 4.99. The summed E-state index contributed by atoms with van der Waals surface area (Å²) < 4.78 is 141. The van der Waals surface area contributed by atoms with E-state index in [-0.39, 0.29) is 23.3 Å². The monoisotopic (exact) mass is 522 g/mol. The van der Waals surface area contributed by atoms with Crippen LogP contribution in [0.25, 0.3) is 17.0 Å². The van der Waals surface area contributed by atoms with Gasteiger partial charge < -0.3 is 4.74 Å². The summed E-state index contributed by atoms with van der Waals surface area (Å²) in [6.45, 7) is 1.95. The van der Waals surface area contributed by atoms with E-state index in [4.69, 9.17) is 0 Å². The van der Waals surface area contributed by atoms with Crippen LogP contribution < -0.4 is 4.74 Å². The van der Waals surface area contributed by atoms with E-state index < -0.39 is 64.3 Å². The van der Waals surface area contributed by atoms with Gasteiger partial charge in [0.05, 0.1) is 11.6 Å². The molecule has 3 aromatic rings. The molecule has 0 N–H and O–H groups in total. The Balaban J connectivity index is 1.92. The van der Waals surface area contributed by atoms with Gasteiger partial charge in [0.15, 0.2) is 11.6 Å². The van der Waals surface area contributed by atoms with Gasteiger partial charge in [-0.3, -0.25) is 0 Å². The summed E-state index contributed by atoms with van der Waals surface area (Å²) >= 11 is 0. The number of ether oxygens (including phenoxy) is 1. The van der Waals surface area contributed by atoms with Crippen molar-refractivity contribution in [3.63, 3.8) is 0 Å². The molecule has 0 unspecified atom stereocenters. The molecule has 0 saturated carbocycles. The van der Waals surface area contributed by atoms with Crippen molar-refractivity contribution in [2.24, 2.45) is 0 Å². The van der Waals surface area contributed by atoms with E-state index in [0.29, 0.717) is 6.07 Å². The molecule has 0 heterocycles. The second-order valence-corrected chi connectivity index (χ2v) is 7.65. The van der Waals surface area contributed by atoms with Crippen molar-refractivity contribution in [3.8, 4) is 16.9 Å². The van der Waals surface area contributed by atoms with Crippen molar-refractivity contribution in [1.29, 1.82) is 0 Å². The largest absolute Gasteiger partial charge is 0.429 e. The summed E-state index contributed by atoms with van der Waals surface area (Å²) in [5.74, 6) is -11.3. The molecule has 0 amide bonds. The minimum atomic E-state index is -5.25. The van der Waals surface area contributed by atoms with Crippen LogP contribution in [-0.4, -0.2) is 6.18 Å². The van der Waals surface area contributed by atoms with Crippen LogP contribution in [0.15, 0.2) is 54.6 Å². The molecular weight excluding hydrogens is 506 g/mol. The van der Waals surface area contributed by atoms with Crippen molar-refractivity contribution in [3.05, 3.63) is 94.6 Å². The number of allylic oxidation sites excluding steroid dienone is 1. The lowest BCUT2D eigenvalue weighted by atomic mass is 10.00. The molecule has 0 radical (unpaired) electrons. The minimum absolute atomic E-state index is 0.0173. The maximum absolute atomic E-state index is 14.6. The summed E-state index contributed by atoms with van der Waals surface area (Å²) in [7, 11) is 0. The maximum Gasteiger partial charge on any atom is 0.429 e. The van der Waals surface area contributed by atoms with Crippen LogP contribution in [-0.2, 0) is 12.5 Å². The first-order valence-electron chi connectivity index (χ1n) is 10.3. The third kappa shape index (κ3) is 6.00. The Bertz CT molecular complexity index is 1250. The number of hydrogen-bond donors (Lipinski definition) is 0. The van der Waals surface area contributed by atoms with Crippen molar-refractivity contribution < 1.29 is 48.6 Å². The Morgan fingerprint density at radius 3 is 1.94 bits per heavy atom. The Hall–Kier alpha value is -3.50. The first-order valence-corrected chi connectivity index (χ1v) is 10.3. The summed E-state index contributed by atoms with van der Waals surface area (Å²) in [5.41, 5.74) is -2.58. The van der Waals surface area contributed by atoms with Crippen molar-refractivity contribution in [1.82, 2.24) is 0 Å². The van der Waals surface area contributed by atoms with Crippen LogP contribution in [0.2, 0.25) is 0 Å². The van der Waals surface area contributed by atoms with Crippen molar-refractivity contribution in [2.75, 3.05) is 0 Å². The smallest absolute Gasteiger partial charge is 0.429 e. The van der Waals surface area contributed by atoms with E-state index in [9.17, 15) is 43.9 Å². The van der Waals surface area contributed by atoms with Gasteiger partial charge in [0.2, 0.25) is 0 Å². The summed E-state index contributed by atoms with van der Waals surface area (Å²) in [4.78, 5) is 0. The van der Waals surface area contributed by atoms with Gasteiger partial charge in [0.1, 0.15) is 28.8 Å². The molecule has 36 heavy (non-hydrogen) atoms. The molecule has 1 nitrogen and oxygen atoms in total. The topological polar surface area (TPSA) is 9.23 Å². The standard InChI is InChI=1S/C25H16F10O/c1-2-3-13-4-6-14(7-5-13)16-8-9-17(23(30)22(16)29)25(34,35)36-15-10-18(26)21(19(27)11-15)20(28)12-24(31,32)33/h4-12H,2-3H2,1H3/b20-12-. The van der Waals surface area contributed by atoms with Crippen molar-refractivity contribution in [2.45, 2.75) is 32.1 Å². The minimum Gasteiger partial charge on any atom is -0.429 e. The Kier molecular flexibility index (Phi) is 7.70. The molecule has 0 fully saturated rings. The molecule has 192 valence electrons. The van der Waals surface area contributed by atoms with Crippen LogP contribution in [0.4, 0.5) is 43.9 Å². The summed E-state index contributed by atoms with van der Waals surface area (Å²) in [6, 6.07) is 7.64.